The second kappa shape index (κ2) is 8.55. The average molecular weight is 328 g/mol. The summed E-state index contributed by atoms with van der Waals surface area (Å²) in [6.45, 7) is 4.85. The molecular formula is C19H24N2O3. The first-order valence-electron chi connectivity index (χ1n) is 8.29. The van der Waals surface area contributed by atoms with Crippen molar-refractivity contribution < 1.29 is 14.7 Å². The van der Waals surface area contributed by atoms with Gasteiger partial charge in [-0.15, -0.1) is 0 Å². The minimum absolute atomic E-state index is 0.0967. The Morgan fingerprint density at radius 1 is 1.33 bits per heavy atom. The maximum Gasteiger partial charge on any atom is 0.217 e. The van der Waals surface area contributed by atoms with E-state index in [1.807, 2.05) is 42.2 Å². The predicted octanol–water partition coefficient (Wildman–Crippen LogP) is 2.28. The molecule has 0 aliphatic carbocycles. The van der Waals surface area contributed by atoms with Crippen LogP contribution >= 0.6 is 0 Å². The molecule has 0 fully saturated rings. The standard InChI is InChI=1S/C19H24N2O3/c1-3-21(13-19(24)14(2)23)18-6-4-5-15(12-18)16-7-9-20-17(11-16)8-10-22/h4-6,11-12,22H,3,7-10,13H2,1-2H3. The average Bonchev–Trinajstić information content (AvgIpc) is 2.60. The molecule has 0 saturated heterocycles. The van der Waals surface area contributed by atoms with Gasteiger partial charge in [-0.05, 0) is 42.7 Å². The summed E-state index contributed by atoms with van der Waals surface area (Å²) in [5.41, 5.74) is 4.12. The molecule has 5 nitrogen and oxygen atoms in total. The molecule has 0 atom stereocenters. The van der Waals surface area contributed by atoms with Gasteiger partial charge in [0.05, 0.1) is 6.54 Å². The summed E-state index contributed by atoms with van der Waals surface area (Å²) < 4.78 is 0. The fourth-order valence-corrected chi connectivity index (χ4v) is 2.71. The van der Waals surface area contributed by atoms with Crippen molar-refractivity contribution >= 4 is 28.5 Å². The Morgan fingerprint density at radius 2 is 2.12 bits per heavy atom. The Bertz CT molecular complexity index is 677. The Balaban J connectivity index is 2.23. The molecule has 1 aromatic rings. The Labute approximate surface area is 142 Å². The summed E-state index contributed by atoms with van der Waals surface area (Å²) >= 11 is 0. The van der Waals surface area contributed by atoms with Crippen LogP contribution in [-0.2, 0) is 9.59 Å². The Morgan fingerprint density at radius 3 is 2.79 bits per heavy atom. The molecule has 0 bridgehead atoms. The summed E-state index contributed by atoms with van der Waals surface area (Å²) in [7, 11) is 0. The molecule has 0 radical (unpaired) electrons. The minimum atomic E-state index is -0.413. The molecule has 0 aromatic heterocycles. The van der Waals surface area contributed by atoms with Crippen LogP contribution in [0.25, 0.3) is 5.57 Å². The lowest BCUT2D eigenvalue weighted by atomic mass is 9.97. The first-order chi connectivity index (χ1) is 11.5. The molecule has 128 valence electrons. The van der Waals surface area contributed by atoms with Crippen molar-refractivity contribution in [2.45, 2.75) is 26.7 Å². The zero-order valence-corrected chi connectivity index (χ0v) is 14.3. The molecule has 1 heterocycles. The molecule has 0 amide bonds. The van der Waals surface area contributed by atoms with Crippen molar-refractivity contribution in [3.8, 4) is 0 Å². The van der Waals surface area contributed by atoms with Crippen molar-refractivity contribution in [1.82, 2.24) is 0 Å². The molecule has 5 heteroatoms. The number of Topliss-reactive ketones (excluding diaryl/α,β-unsaturated/α-hetero) is 2. The first-order valence-corrected chi connectivity index (χ1v) is 8.29. The number of allylic oxidation sites excluding steroid dienone is 1. The molecule has 0 saturated carbocycles. The lowest BCUT2D eigenvalue weighted by Crippen LogP contribution is -2.32. The molecule has 1 aliphatic heterocycles. The van der Waals surface area contributed by atoms with E-state index in [9.17, 15) is 9.59 Å². The van der Waals surface area contributed by atoms with E-state index in [1.54, 1.807) is 0 Å². The lowest BCUT2D eigenvalue weighted by Gasteiger charge is -2.23. The van der Waals surface area contributed by atoms with Crippen LogP contribution in [0.2, 0.25) is 0 Å². The van der Waals surface area contributed by atoms with Gasteiger partial charge in [0.15, 0.2) is 5.78 Å². The third kappa shape index (κ3) is 4.61. The van der Waals surface area contributed by atoms with E-state index in [-0.39, 0.29) is 18.9 Å². The van der Waals surface area contributed by atoms with Gasteiger partial charge < -0.3 is 10.0 Å². The molecule has 2 rings (SSSR count). The molecule has 0 unspecified atom stereocenters. The molecule has 1 aromatic carbocycles. The second-order valence-corrected chi connectivity index (χ2v) is 5.81. The Hall–Kier alpha value is -2.27. The smallest absolute Gasteiger partial charge is 0.217 e. The number of dihydropyridines is 1. The highest BCUT2D eigenvalue weighted by Gasteiger charge is 2.15. The number of benzene rings is 1. The number of hydrogen-bond donors (Lipinski definition) is 1. The van der Waals surface area contributed by atoms with Crippen LogP contribution in [0, 0.1) is 0 Å². The summed E-state index contributed by atoms with van der Waals surface area (Å²) in [6, 6.07) is 8.00. The third-order valence-electron chi connectivity index (χ3n) is 4.10. The summed E-state index contributed by atoms with van der Waals surface area (Å²) in [5.74, 6) is -0.791. The second-order valence-electron chi connectivity index (χ2n) is 5.81. The van der Waals surface area contributed by atoms with Crippen molar-refractivity contribution in [1.29, 1.82) is 0 Å². The largest absolute Gasteiger partial charge is 0.396 e. The number of aliphatic imine (C=N–C) groups is 1. The highest BCUT2D eigenvalue weighted by atomic mass is 16.3. The van der Waals surface area contributed by atoms with Crippen LogP contribution in [0.1, 0.15) is 32.3 Å². The van der Waals surface area contributed by atoms with E-state index in [0.717, 1.165) is 29.9 Å². The fourth-order valence-electron chi connectivity index (χ4n) is 2.71. The van der Waals surface area contributed by atoms with Gasteiger partial charge in [-0.2, -0.15) is 0 Å². The summed E-state index contributed by atoms with van der Waals surface area (Å²) in [4.78, 5) is 29.3. The molecule has 1 N–H and O–H groups in total. The van der Waals surface area contributed by atoms with Gasteiger partial charge in [0.2, 0.25) is 5.78 Å². The van der Waals surface area contributed by atoms with Crippen LogP contribution in [0.4, 0.5) is 5.69 Å². The zero-order chi connectivity index (χ0) is 17.5. The number of rotatable bonds is 8. The minimum Gasteiger partial charge on any atom is -0.396 e. The number of carbonyl (C=O) groups is 2. The normalized spacial score (nSPS) is 14.0. The number of nitrogens with zero attached hydrogens (tertiary/aromatic N) is 2. The molecular weight excluding hydrogens is 304 g/mol. The lowest BCUT2D eigenvalue weighted by molar-refractivity contribution is -0.134. The van der Waals surface area contributed by atoms with E-state index in [4.69, 9.17) is 5.11 Å². The van der Waals surface area contributed by atoms with Crippen molar-refractivity contribution in [3.05, 3.63) is 35.9 Å². The van der Waals surface area contributed by atoms with Gasteiger partial charge in [-0.25, -0.2) is 0 Å². The Kier molecular flexibility index (Phi) is 6.44. The quantitative estimate of drug-likeness (QED) is 0.743. The van der Waals surface area contributed by atoms with Gasteiger partial charge in [0.1, 0.15) is 0 Å². The number of anilines is 1. The van der Waals surface area contributed by atoms with Crippen LogP contribution < -0.4 is 4.90 Å². The monoisotopic (exact) mass is 328 g/mol. The highest BCUT2D eigenvalue weighted by Crippen LogP contribution is 2.26. The van der Waals surface area contributed by atoms with Crippen LogP contribution in [-0.4, -0.2) is 48.6 Å². The SMILES string of the molecule is CCN(CC(=O)C(C)=O)c1cccc(C2=CC(CCO)=NCC2)c1. The maximum atomic E-state index is 11.7. The van der Waals surface area contributed by atoms with Crippen molar-refractivity contribution in [2.24, 2.45) is 4.99 Å². The van der Waals surface area contributed by atoms with E-state index < -0.39 is 5.78 Å². The van der Waals surface area contributed by atoms with E-state index in [2.05, 4.69) is 4.99 Å². The van der Waals surface area contributed by atoms with E-state index >= 15 is 0 Å². The van der Waals surface area contributed by atoms with Gasteiger partial charge >= 0.3 is 0 Å². The van der Waals surface area contributed by atoms with Gasteiger partial charge in [-0.1, -0.05) is 12.1 Å². The molecule has 1 aliphatic rings. The number of hydrogen-bond acceptors (Lipinski definition) is 5. The maximum absolute atomic E-state index is 11.7. The summed E-state index contributed by atoms with van der Waals surface area (Å²) in [6.07, 6.45) is 3.46. The number of ketones is 2. The van der Waals surface area contributed by atoms with Crippen LogP contribution in [0.5, 0.6) is 0 Å². The summed E-state index contributed by atoms with van der Waals surface area (Å²) in [5, 5.41) is 9.08. The van der Waals surface area contributed by atoms with Gasteiger partial charge in [0.25, 0.3) is 0 Å². The number of aliphatic hydroxyl groups is 1. The van der Waals surface area contributed by atoms with Crippen LogP contribution in [0.15, 0.2) is 35.3 Å². The highest BCUT2D eigenvalue weighted by molar-refractivity contribution is 6.37. The zero-order valence-electron chi connectivity index (χ0n) is 14.3. The van der Waals surface area contributed by atoms with Gasteiger partial charge in [-0.3, -0.25) is 14.6 Å². The van der Waals surface area contributed by atoms with Gasteiger partial charge in [0, 0.05) is 44.4 Å². The fraction of sp³-hybridized carbons (Fsp3) is 0.421. The number of aliphatic hydroxyl groups excluding tert-OH is 1. The van der Waals surface area contributed by atoms with Crippen LogP contribution in [0.3, 0.4) is 0 Å². The van der Waals surface area contributed by atoms with E-state index in [1.165, 1.54) is 12.5 Å². The number of carbonyl (C=O) groups excluding carboxylic acids is 2. The molecule has 0 spiro atoms. The molecule has 24 heavy (non-hydrogen) atoms. The van der Waals surface area contributed by atoms with E-state index in [0.29, 0.717) is 13.0 Å². The van der Waals surface area contributed by atoms with Crippen molar-refractivity contribution in [3.63, 3.8) is 0 Å². The third-order valence-corrected chi connectivity index (χ3v) is 4.10. The predicted molar refractivity (Wildman–Crippen MR) is 96.6 cm³/mol. The number of likely N-dealkylation sites (N-methyl/N-ethyl adjacent to an activating group) is 1. The topological polar surface area (TPSA) is 70.0 Å². The van der Waals surface area contributed by atoms with Crippen molar-refractivity contribution in [2.75, 3.05) is 31.1 Å². The first kappa shape index (κ1) is 18.1.